The summed E-state index contributed by atoms with van der Waals surface area (Å²) in [6, 6.07) is 0. The first-order chi connectivity index (χ1) is 10.9. The summed E-state index contributed by atoms with van der Waals surface area (Å²) in [6.07, 6.45) is 6.10. The Morgan fingerprint density at radius 1 is 1.13 bits per heavy atom. The first-order valence-electron chi connectivity index (χ1n) is 8.95. The molecular formula is C19H28O4. The molecule has 4 bridgehead atoms. The molecule has 0 radical (unpaired) electrons. The van der Waals surface area contributed by atoms with E-state index in [0.29, 0.717) is 17.4 Å². The zero-order chi connectivity index (χ0) is 16.8. The average Bonchev–Trinajstić information content (AvgIpc) is 2.49. The van der Waals surface area contributed by atoms with Crippen LogP contribution in [0.2, 0.25) is 0 Å². The quantitative estimate of drug-likeness (QED) is 0.573. The van der Waals surface area contributed by atoms with Crippen molar-refractivity contribution in [3.05, 3.63) is 12.2 Å². The number of ether oxygens (including phenoxy) is 2. The highest BCUT2D eigenvalue weighted by atomic mass is 16.6. The van der Waals surface area contributed by atoms with E-state index < -0.39 is 18.0 Å². The van der Waals surface area contributed by atoms with Crippen LogP contribution in [0.3, 0.4) is 0 Å². The Bertz CT molecular complexity index is 493. The smallest absolute Gasteiger partial charge is 0.347 e. The van der Waals surface area contributed by atoms with Gasteiger partial charge in [-0.1, -0.05) is 13.5 Å². The topological polar surface area (TPSA) is 52.6 Å². The number of esters is 2. The van der Waals surface area contributed by atoms with Gasteiger partial charge in [-0.05, 0) is 76.0 Å². The number of carbonyl (C=O) groups excluding carboxylic acids is 2. The summed E-state index contributed by atoms with van der Waals surface area (Å²) in [6.45, 7) is 8.83. The Labute approximate surface area is 138 Å². The largest absolute Gasteiger partial charge is 0.456 e. The van der Waals surface area contributed by atoms with Crippen molar-refractivity contribution in [2.45, 2.75) is 71.0 Å². The molecule has 4 rings (SSSR count). The van der Waals surface area contributed by atoms with Crippen LogP contribution in [0.5, 0.6) is 0 Å². The Kier molecular flexibility index (Phi) is 4.28. The molecule has 4 heteroatoms. The average molecular weight is 320 g/mol. The predicted octanol–water partition coefficient (Wildman–Crippen LogP) is 3.64. The zero-order valence-electron chi connectivity index (χ0n) is 14.5. The van der Waals surface area contributed by atoms with Crippen LogP contribution < -0.4 is 0 Å². The number of hydrogen-bond acceptors (Lipinski definition) is 4. The highest BCUT2D eigenvalue weighted by Crippen LogP contribution is 2.60. The summed E-state index contributed by atoms with van der Waals surface area (Å²) in [5, 5.41) is 0. The van der Waals surface area contributed by atoms with Crippen molar-refractivity contribution in [1.29, 1.82) is 0 Å². The van der Waals surface area contributed by atoms with Gasteiger partial charge in [-0.2, -0.15) is 0 Å². The van der Waals surface area contributed by atoms with Crippen molar-refractivity contribution in [3.8, 4) is 0 Å². The fraction of sp³-hybridized carbons (Fsp3) is 0.789. The van der Waals surface area contributed by atoms with Crippen molar-refractivity contribution in [1.82, 2.24) is 0 Å². The minimum absolute atomic E-state index is 0.296. The second kappa shape index (κ2) is 5.95. The zero-order valence-corrected chi connectivity index (χ0v) is 14.5. The fourth-order valence-electron chi connectivity index (χ4n) is 5.38. The van der Waals surface area contributed by atoms with E-state index in [4.69, 9.17) is 9.47 Å². The molecule has 0 saturated heterocycles. The molecule has 0 N–H and O–H groups in total. The van der Waals surface area contributed by atoms with Crippen LogP contribution in [0, 0.1) is 23.7 Å². The molecule has 0 aromatic rings. The van der Waals surface area contributed by atoms with E-state index in [-0.39, 0.29) is 5.60 Å². The molecular weight excluding hydrogens is 292 g/mol. The van der Waals surface area contributed by atoms with E-state index in [1.54, 1.807) is 13.8 Å². The molecule has 0 aliphatic heterocycles. The molecule has 0 amide bonds. The van der Waals surface area contributed by atoms with Gasteiger partial charge in [0.2, 0.25) is 0 Å². The normalized spacial score (nSPS) is 38.9. The SMILES string of the molecule is C=C(C)C(=O)OC(C)C(=O)OC1(CC)C2CC3CC(C2)CC1C3. The van der Waals surface area contributed by atoms with Crippen molar-refractivity contribution in [3.63, 3.8) is 0 Å². The molecule has 4 nitrogen and oxygen atoms in total. The lowest BCUT2D eigenvalue weighted by molar-refractivity contribution is -0.218. The first-order valence-corrected chi connectivity index (χ1v) is 8.95. The summed E-state index contributed by atoms with van der Waals surface area (Å²) in [7, 11) is 0. The lowest BCUT2D eigenvalue weighted by Crippen LogP contribution is -2.60. The standard InChI is InChI=1S/C19H28O4/c1-5-19(23-18(21)12(4)22-17(20)11(2)3)15-7-13-6-14(9-15)10-16(19)8-13/h12-16H,2,5-10H2,1,3-4H3. The van der Waals surface area contributed by atoms with Gasteiger partial charge in [0.25, 0.3) is 0 Å². The maximum Gasteiger partial charge on any atom is 0.347 e. The molecule has 4 saturated carbocycles. The van der Waals surface area contributed by atoms with Gasteiger partial charge in [-0.3, -0.25) is 0 Å². The van der Waals surface area contributed by atoms with Gasteiger partial charge in [0.15, 0.2) is 6.10 Å². The van der Waals surface area contributed by atoms with Gasteiger partial charge < -0.3 is 9.47 Å². The van der Waals surface area contributed by atoms with Crippen LogP contribution in [-0.2, 0) is 19.1 Å². The monoisotopic (exact) mass is 320 g/mol. The van der Waals surface area contributed by atoms with Crippen LogP contribution in [0.15, 0.2) is 12.2 Å². The van der Waals surface area contributed by atoms with E-state index >= 15 is 0 Å². The Morgan fingerprint density at radius 3 is 2.09 bits per heavy atom. The lowest BCUT2D eigenvalue weighted by atomic mass is 9.49. The van der Waals surface area contributed by atoms with Gasteiger partial charge in [0.05, 0.1) is 0 Å². The minimum atomic E-state index is -0.875. The third-order valence-electron chi connectivity index (χ3n) is 6.33. The Morgan fingerprint density at radius 2 is 1.65 bits per heavy atom. The van der Waals surface area contributed by atoms with Crippen LogP contribution in [0.25, 0.3) is 0 Å². The molecule has 4 aliphatic carbocycles. The summed E-state index contributed by atoms with van der Waals surface area (Å²) in [5.74, 6) is 1.68. The highest BCUT2D eigenvalue weighted by molar-refractivity contribution is 5.89. The molecule has 23 heavy (non-hydrogen) atoms. The molecule has 0 spiro atoms. The van der Waals surface area contributed by atoms with E-state index in [0.717, 1.165) is 18.3 Å². The first kappa shape index (κ1) is 16.5. The molecule has 4 fully saturated rings. The summed E-state index contributed by atoms with van der Waals surface area (Å²) < 4.78 is 11.2. The second-order valence-electron chi connectivity index (χ2n) is 7.86. The van der Waals surface area contributed by atoms with E-state index in [1.807, 2.05) is 0 Å². The van der Waals surface area contributed by atoms with Crippen LogP contribution in [-0.4, -0.2) is 23.6 Å². The van der Waals surface area contributed by atoms with Gasteiger partial charge in [0, 0.05) is 5.57 Å². The summed E-state index contributed by atoms with van der Waals surface area (Å²) in [4.78, 5) is 24.1. The highest BCUT2D eigenvalue weighted by Gasteiger charge is 2.58. The van der Waals surface area contributed by atoms with E-state index in [9.17, 15) is 9.59 Å². The molecule has 128 valence electrons. The van der Waals surface area contributed by atoms with Crippen LogP contribution in [0.4, 0.5) is 0 Å². The number of carbonyl (C=O) groups is 2. The Hall–Kier alpha value is -1.32. The summed E-state index contributed by atoms with van der Waals surface area (Å²) >= 11 is 0. The third kappa shape index (κ3) is 2.81. The fourth-order valence-corrected chi connectivity index (χ4v) is 5.38. The molecule has 1 atom stereocenters. The predicted molar refractivity (Wildman–Crippen MR) is 86.5 cm³/mol. The number of rotatable bonds is 5. The van der Waals surface area contributed by atoms with Crippen LogP contribution in [0.1, 0.15) is 59.3 Å². The molecule has 0 heterocycles. The summed E-state index contributed by atoms with van der Waals surface area (Å²) in [5.41, 5.74) is -0.0431. The van der Waals surface area contributed by atoms with Gasteiger partial charge in [-0.25, -0.2) is 9.59 Å². The van der Waals surface area contributed by atoms with Gasteiger partial charge >= 0.3 is 11.9 Å². The Balaban J connectivity index is 1.71. The van der Waals surface area contributed by atoms with E-state index in [1.165, 1.54) is 32.1 Å². The van der Waals surface area contributed by atoms with E-state index in [2.05, 4.69) is 13.5 Å². The number of hydrogen-bond donors (Lipinski definition) is 0. The van der Waals surface area contributed by atoms with Gasteiger partial charge in [0.1, 0.15) is 5.60 Å². The molecule has 0 aromatic carbocycles. The molecule has 0 aromatic heterocycles. The maximum absolute atomic E-state index is 12.5. The van der Waals surface area contributed by atoms with Crippen molar-refractivity contribution >= 4 is 11.9 Å². The van der Waals surface area contributed by atoms with Gasteiger partial charge in [-0.15, -0.1) is 0 Å². The molecule has 1 unspecified atom stereocenters. The molecule has 4 aliphatic rings. The maximum atomic E-state index is 12.5. The van der Waals surface area contributed by atoms with Crippen molar-refractivity contribution in [2.75, 3.05) is 0 Å². The minimum Gasteiger partial charge on any atom is -0.456 e. The lowest BCUT2D eigenvalue weighted by Gasteiger charge is -2.60. The third-order valence-corrected chi connectivity index (χ3v) is 6.33. The van der Waals surface area contributed by atoms with Crippen molar-refractivity contribution < 1.29 is 19.1 Å². The second-order valence-corrected chi connectivity index (χ2v) is 7.86. The van der Waals surface area contributed by atoms with Crippen molar-refractivity contribution in [2.24, 2.45) is 23.7 Å². The van der Waals surface area contributed by atoms with Crippen LogP contribution >= 0.6 is 0 Å².